The Labute approximate surface area is 137 Å². The number of hydrogen-bond donors (Lipinski definition) is 1. The molecule has 0 aliphatic heterocycles. The van der Waals surface area contributed by atoms with Crippen LogP contribution in [0.5, 0.6) is 11.5 Å². The average molecular weight is 368 g/mol. The van der Waals surface area contributed by atoms with E-state index in [1.165, 1.54) is 0 Å². The molecule has 0 saturated heterocycles. The maximum absolute atomic E-state index is 11.9. The first-order valence-corrected chi connectivity index (χ1v) is 7.51. The molecule has 1 aromatic carbocycles. The summed E-state index contributed by atoms with van der Waals surface area (Å²) >= 11 is 3.51. The molecule has 0 aliphatic carbocycles. The summed E-state index contributed by atoms with van der Waals surface area (Å²) in [5.74, 6) is 1.20. The number of nitrogens with zero attached hydrogens (tertiary/aromatic N) is 2. The van der Waals surface area contributed by atoms with E-state index in [4.69, 9.17) is 9.47 Å². The van der Waals surface area contributed by atoms with E-state index in [1.54, 1.807) is 38.3 Å². The van der Waals surface area contributed by atoms with Crippen LogP contribution < -0.4 is 14.8 Å². The molecule has 0 aliphatic rings. The zero-order chi connectivity index (χ0) is 16.1. The van der Waals surface area contributed by atoms with Crippen molar-refractivity contribution in [2.45, 2.75) is 6.42 Å². The molecule has 1 N–H and O–H groups in total. The second kappa shape index (κ2) is 7.31. The second-order valence-electron chi connectivity index (χ2n) is 4.71. The SMILES string of the molecule is COc1cc(Br)c(CCNC(=O)c2cnn(C)c2)cc1OC. The third kappa shape index (κ3) is 3.79. The first kappa shape index (κ1) is 16.4. The molecule has 22 heavy (non-hydrogen) atoms. The van der Waals surface area contributed by atoms with Crippen LogP contribution in [0.25, 0.3) is 0 Å². The molecular formula is C15H18BrN3O3. The summed E-state index contributed by atoms with van der Waals surface area (Å²) in [6.45, 7) is 0.516. The fraction of sp³-hybridized carbons (Fsp3) is 0.333. The molecule has 1 heterocycles. The minimum Gasteiger partial charge on any atom is -0.493 e. The lowest BCUT2D eigenvalue weighted by Crippen LogP contribution is -2.25. The van der Waals surface area contributed by atoms with Crippen molar-refractivity contribution in [1.29, 1.82) is 0 Å². The average Bonchev–Trinajstić information content (AvgIpc) is 2.95. The largest absolute Gasteiger partial charge is 0.493 e. The number of halogens is 1. The minimum absolute atomic E-state index is 0.135. The summed E-state index contributed by atoms with van der Waals surface area (Å²) in [6.07, 6.45) is 3.90. The van der Waals surface area contributed by atoms with Gasteiger partial charge in [-0.3, -0.25) is 9.48 Å². The van der Waals surface area contributed by atoms with Crippen LogP contribution >= 0.6 is 15.9 Å². The van der Waals surface area contributed by atoms with Gasteiger partial charge in [0.15, 0.2) is 11.5 Å². The number of aryl methyl sites for hydroxylation is 1. The van der Waals surface area contributed by atoms with Gasteiger partial charge < -0.3 is 14.8 Å². The maximum atomic E-state index is 11.9. The number of rotatable bonds is 6. The topological polar surface area (TPSA) is 65.4 Å². The van der Waals surface area contributed by atoms with Gasteiger partial charge in [-0.15, -0.1) is 0 Å². The molecule has 1 amide bonds. The Morgan fingerprint density at radius 1 is 1.32 bits per heavy atom. The first-order chi connectivity index (χ1) is 10.5. The molecule has 7 heteroatoms. The van der Waals surface area contributed by atoms with Gasteiger partial charge in [-0.2, -0.15) is 5.10 Å². The van der Waals surface area contributed by atoms with Crippen molar-refractivity contribution in [3.05, 3.63) is 40.1 Å². The highest BCUT2D eigenvalue weighted by Gasteiger charge is 2.11. The van der Waals surface area contributed by atoms with Crippen molar-refractivity contribution in [2.24, 2.45) is 7.05 Å². The predicted molar refractivity (Wildman–Crippen MR) is 86.5 cm³/mol. The van der Waals surface area contributed by atoms with E-state index in [-0.39, 0.29) is 5.91 Å². The highest BCUT2D eigenvalue weighted by Crippen LogP contribution is 2.33. The van der Waals surface area contributed by atoms with E-state index >= 15 is 0 Å². The number of nitrogens with one attached hydrogen (secondary N) is 1. The zero-order valence-electron chi connectivity index (χ0n) is 12.7. The second-order valence-corrected chi connectivity index (χ2v) is 5.56. The number of hydrogen-bond acceptors (Lipinski definition) is 4. The zero-order valence-corrected chi connectivity index (χ0v) is 14.3. The van der Waals surface area contributed by atoms with Crippen molar-refractivity contribution >= 4 is 21.8 Å². The number of amides is 1. The lowest BCUT2D eigenvalue weighted by Gasteiger charge is -2.12. The highest BCUT2D eigenvalue weighted by molar-refractivity contribution is 9.10. The number of ether oxygens (including phenoxy) is 2. The van der Waals surface area contributed by atoms with Gasteiger partial charge in [-0.05, 0) is 24.1 Å². The summed E-state index contributed by atoms with van der Waals surface area (Å²) in [4.78, 5) is 11.9. The lowest BCUT2D eigenvalue weighted by molar-refractivity contribution is 0.0954. The van der Waals surface area contributed by atoms with E-state index in [2.05, 4.69) is 26.3 Å². The van der Waals surface area contributed by atoms with Crippen LogP contribution in [-0.2, 0) is 13.5 Å². The van der Waals surface area contributed by atoms with Crippen molar-refractivity contribution in [3.8, 4) is 11.5 Å². The molecular weight excluding hydrogens is 350 g/mol. The lowest BCUT2D eigenvalue weighted by atomic mass is 10.1. The van der Waals surface area contributed by atoms with E-state index in [0.717, 1.165) is 10.0 Å². The fourth-order valence-corrected chi connectivity index (χ4v) is 2.56. The van der Waals surface area contributed by atoms with Crippen LogP contribution in [-0.4, -0.2) is 36.5 Å². The molecule has 0 atom stereocenters. The quantitative estimate of drug-likeness (QED) is 0.849. The number of carbonyl (C=O) groups excluding carboxylic acids is 1. The summed E-state index contributed by atoms with van der Waals surface area (Å²) in [7, 11) is 4.97. The molecule has 6 nitrogen and oxygen atoms in total. The maximum Gasteiger partial charge on any atom is 0.254 e. The van der Waals surface area contributed by atoms with Gasteiger partial charge in [0.05, 0.1) is 26.0 Å². The standard InChI is InChI=1S/C15H18BrN3O3/c1-19-9-11(8-18-19)15(20)17-5-4-10-6-13(21-2)14(22-3)7-12(10)16/h6-9H,4-5H2,1-3H3,(H,17,20). The molecule has 1 aromatic heterocycles. The van der Waals surface area contributed by atoms with Crippen molar-refractivity contribution in [3.63, 3.8) is 0 Å². The third-order valence-corrected chi connectivity index (χ3v) is 3.94. The molecule has 2 rings (SSSR count). The number of aromatic nitrogens is 2. The molecule has 118 valence electrons. The number of methoxy groups -OCH3 is 2. The van der Waals surface area contributed by atoms with E-state index in [9.17, 15) is 4.79 Å². The molecule has 0 fully saturated rings. The molecule has 0 unspecified atom stereocenters. The van der Waals surface area contributed by atoms with Gasteiger partial charge >= 0.3 is 0 Å². The third-order valence-electron chi connectivity index (χ3n) is 3.20. The van der Waals surface area contributed by atoms with Gasteiger partial charge in [0.25, 0.3) is 5.91 Å². The molecule has 0 radical (unpaired) electrons. The normalized spacial score (nSPS) is 10.4. The summed E-state index contributed by atoms with van der Waals surface area (Å²) in [5.41, 5.74) is 1.58. The smallest absolute Gasteiger partial charge is 0.254 e. The minimum atomic E-state index is -0.135. The Hall–Kier alpha value is -2.02. The van der Waals surface area contributed by atoms with Gasteiger partial charge in [0, 0.05) is 24.3 Å². The first-order valence-electron chi connectivity index (χ1n) is 6.72. The number of benzene rings is 1. The summed E-state index contributed by atoms with van der Waals surface area (Å²) in [5, 5.41) is 6.85. The summed E-state index contributed by atoms with van der Waals surface area (Å²) in [6, 6.07) is 3.76. The molecule has 0 saturated carbocycles. The molecule has 0 spiro atoms. The highest BCUT2D eigenvalue weighted by atomic mass is 79.9. The Kier molecular flexibility index (Phi) is 5.43. The van der Waals surface area contributed by atoms with Crippen LogP contribution in [0.2, 0.25) is 0 Å². The van der Waals surface area contributed by atoms with Crippen LogP contribution in [0.4, 0.5) is 0 Å². The Morgan fingerprint density at radius 2 is 2.00 bits per heavy atom. The van der Waals surface area contributed by atoms with E-state index in [0.29, 0.717) is 30.0 Å². The van der Waals surface area contributed by atoms with E-state index in [1.807, 2.05) is 12.1 Å². The van der Waals surface area contributed by atoms with Crippen LogP contribution in [0.3, 0.4) is 0 Å². The van der Waals surface area contributed by atoms with Crippen LogP contribution in [0.1, 0.15) is 15.9 Å². The van der Waals surface area contributed by atoms with Gasteiger partial charge in [0.2, 0.25) is 0 Å². The fourth-order valence-electron chi connectivity index (χ4n) is 2.04. The van der Waals surface area contributed by atoms with Gasteiger partial charge in [-0.1, -0.05) is 15.9 Å². The van der Waals surface area contributed by atoms with Gasteiger partial charge in [0.1, 0.15) is 0 Å². The van der Waals surface area contributed by atoms with Crippen LogP contribution in [0.15, 0.2) is 29.0 Å². The summed E-state index contributed by atoms with van der Waals surface area (Å²) < 4.78 is 13.0. The predicted octanol–water partition coefficient (Wildman–Crippen LogP) is 2.17. The van der Waals surface area contributed by atoms with Gasteiger partial charge in [-0.25, -0.2) is 0 Å². The molecule has 2 aromatic rings. The Balaban J connectivity index is 1.98. The van der Waals surface area contributed by atoms with Crippen LogP contribution in [0, 0.1) is 0 Å². The molecule has 0 bridgehead atoms. The Bertz CT molecular complexity index is 670. The number of carbonyl (C=O) groups is 1. The van der Waals surface area contributed by atoms with Crippen molar-refractivity contribution in [2.75, 3.05) is 20.8 Å². The Morgan fingerprint density at radius 3 is 2.59 bits per heavy atom. The van der Waals surface area contributed by atoms with E-state index < -0.39 is 0 Å². The monoisotopic (exact) mass is 367 g/mol. The van der Waals surface area contributed by atoms with Crippen molar-refractivity contribution in [1.82, 2.24) is 15.1 Å². The van der Waals surface area contributed by atoms with Crippen molar-refractivity contribution < 1.29 is 14.3 Å².